The Morgan fingerprint density at radius 3 is 2.81 bits per heavy atom. The summed E-state index contributed by atoms with van der Waals surface area (Å²) in [6.07, 6.45) is -0.567. The van der Waals surface area contributed by atoms with Crippen molar-refractivity contribution in [3.63, 3.8) is 0 Å². The van der Waals surface area contributed by atoms with E-state index in [1.165, 1.54) is 0 Å². The highest BCUT2D eigenvalue weighted by Crippen LogP contribution is 2.16. The van der Waals surface area contributed by atoms with Gasteiger partial charge in [0, 0.05) is 12.6 Å². The summed E-state index contributed by atoms with van der Waals surface area (Å²) in [7, 11) is 0. The van der Waals surface area contributed by atoms with Crippen molar-refractivity contribution in [1.82, 2.24) is 0 Å². The Balaban J connectivity index is 2.73. The maximum Gasteiger partial charge on any atom is 0.101 e. The van der Waals surface area contributed by atoms with Crippen LogP contribution in [0.1, 0.15) is 18.1 Å². The maximum absolute atomic E-state index is 9.25. The maximum atomic E-state index is 9.25. The number of hydrogen-bond acceptors (Lipinski definition) is 4. The summed E-state index contributed by atoms with van der Waals surface area (Å²) >= 11 is 0. The minimum absolute atomic E-state index is 0.341. The normalized spacial score (nSPS) is 13.9. The van der Waals surface area contributed by atoms with Crippen LogP contribution in [-0.2, 0) is 0 Å². The van der Waals surface area contributed by atoms with Crippen molar-refractivity contribution >= 4 is 5.69 Å². The third-order valence-corrected chi connectivity index (χ3v) is 2.44. The van der Waals surface area contributed by atoms with Crippen molar-refractivity contribution in [1.29, 1.82) is 5.26 Å². The Morgan fingerprint density at radius 1 is 1.56 bits per heavy atom. The largest absolute Gasteiger partial charge is 0.392 e. The molecule has 86 valence electrons. The molecule has 0 fully saturated rings. The quantitative estimate of drug-likeness (QED) is 0.705. The first-order valence-electron chi connectivity index (χ1n) is 5.23. The average molecular weight is 219 g/mol. The van der Waals surface area contributed by atoms with Crippen LogP contribution in [0.15, 0.2) is 18.2 Å². The van der Waals surface area contributed by atoms with Gasteiger partial charge in [0.1, 0.15) is 6.07 Å². The summed E-state index contributed by atoms with van der Waals surface area (Å²) in [4.78, 5) is 0. The van der Waals surface area contributed by atoms with Crippen LogP contribution in [0.5, 0.6) is 0 Å². The number of benzene rings is 1. The average Bonchev–Trinajstić information content (AvgIpc) is 2.25. The van der Waals surface area contributed by atoms with E-state index in [2.05, 4.69) is 11.4 Å². The predicted octanol–water partition coefficient (Wildman–Crippen LogP) is 0.987. The zero-order valence-corrected chi connectivity index (χ0v) is 9.57. The van der Waals surface area contributed by atoms with E-state index < -0.39 is 6.10 Å². The number of aryl methyl sites for hydroxylation is 1. The Hall–Kier alpha value is -1.57. The molecule has 1 rings (SSSR count). The molecule has 2 unspecified atom stereocenters. The van der Waals surface area contributed by atoms with Crippen molar-refractivity contribution in [2.75, 3.05) is 11.9 Å². The second-order valence-corrected chi connectivity index (χ2v) is 3.95. The van der Waals surface area contributed by atoms with Crippen molar-refractivity contribution in [2.24, 2.45) is 5.73 Å². The first kappa shape index (κ1) is 12.5. The van der Waals surface area contributed by atoms with Crippen LogP contribution in [0.4, 0.5) is 5.69 Å². The van der Waals surface area contributed by atoms with Gasteiger partial charge in [0.15, 0.2) is 0 Å². The number of nitriles is 1. The van der Waals surface area contributed by atoms with E-state index in [-0.39, 0.29) is 6.04 Å². The van der Waals surface area contributed by atoms with Crippen molar-refractivity contribution < 1.29 is 5.11 Å². The minimum Gasteiger partial charge on any atom is -0.392 e. The molecular formula is C12H17N3O. The van der Waals surface area contributed by atoms with Crippen LogP contribution in [0.3, 0.4) is 0 Å². The molecule has 0 bridgehead atoms. The summed E-state index contributed by atoms with van der Waals surface area (Å²) in [5.41, 5.74) is 8.12. The lowest BCUT2D eigenvalue weighted by Gasteiger charge is -2.17. The third kappa shape index (κ3) is 3.23. The van der Waals surface area contributed by atoms with Gasteiger partial charge < -0.3 is 16.2 Å². The minimum atomic E-state index is -0.567. The van der Waals surface area contributed by atoms with Gasteiger partial charge in [-0.05, 0) is 31.5 Å². The summed E-state index contributed by atoms with van der Waals surface area (Å²) in [6.45, 7) is 4.05. The third-order valence-electron chi connectivity index (χ3n) is 2.44. The standard InChI is InChI=1S/C12H17N3O/c1-8-3-4-10(6-13)12(5-8)15-7-11(14)9(2)16/h3-5,9,11,15-16H,7,14H2,1-2H3. The van der Waals surface area contributed by atoms with Crippen LogP contribution < -0.4 is 11.1 Å². The Kier molecular flexibility index (Phi) is 4.29. The van der Waals surface area contributed by atoms with E-state index in [1.807, 2.05) is 19.1 Å². The van der Waals surface area contributed by atoms with Crippen LogP contribution in [0.2, 0.25) is 0 Å². The fraction of sp³-hybridized carbons (Fsp3) is 0.417. The van der Waals surface area contributed by atoms with Gasteiger partial charge in [-0.15, -0.1) is 0 Å². The molecule has 4 N–H and O–H groups in total. The monoisotopic (exact) mass is 219 g/mol. The summed E-state index contributed by atoms with van der Waals surface area (Å²) in [5.74, 6) is 0. The van der Waals surface area contributed by atoms with Crippen molar-refractivity contribution in [3.8, 4) is 6.07 Å². The lowest BCUT2D eigenvalue weighted by molar-refractivity contribution is 0.168. The second kappa shape index (κ2) is 5.50. The Morgan fingerprint density at radius 2 is 2.25 bits per heavy atom. The number of anilines is 1. The van der Waals surface area contributed by atoms with Gasteiger partial charge in [0.2, 0.25) is 0 Å². The zero-order chi connectivity index (χ0) is 12.1. The number of nitrogens with zero attached hydrogens (tertiary/aromatic N) is 1. The lowest BCUT2D eigenvalue weighted by atomic mass is 10.1. The summed E-state index contributed by atoms with van der Waals surface area (Å²) in [5, 5.41) is 21.2. The molecule has 0 radical (unpaired) electrons. The van der Waals surface area contributed by atoms with Gasteiger partial charge in [-0.1, -0.05) is 6.07 Å². The molecule has 0 saturated heterocycles. The van der Waals surface area contributed by atoms with E-state index in [9.17, 15) is 5.11 Å². The first-order chi connectivity index (χ1) is 7.54. The molecule has 4 heteroatoms. The molecular weight excluding hydrogens is 202 g/mol. The van der Waals surface area contributed by atoms with Gasteiger partial charge >= 0.3 is 0 Å². The van der Waals surface area contributed by atoms with Gasteiger partial charge in [-0.2, -0.15) is 5.26 Å². The number of hydrogen-bond donors (Lipinski definition) is 3. The summed E-state index contributed by atoms with van der Waals surface area (Å²) in [6, 6.07) is 7.32. The molecule has 0 saturated carbocycles. The molecule has 1 aromatic rings. The van der Waals surface area contributed by atoms with Crippen molar-refractivity contribution in [2.45, 2.75) is 26.0 Å². The fourth-order valence-corrected chi connectivity index (χ4v) is 1.30. The van der Waals surface area contributed by atoms with Gasteiger partial charge in [-0.3, -0.25) is 0 Å². The SMILES string of the molecule is Cc1ccc(C#N)c(NCC(N)C(C)O)c1. The smallest absolute Gasteiger partial charge is 0.101 e. The summed E-state index contributed by atoms with van der Waals surface area (Å²) < 4.78 is 0. The highest BCUT2D eigenvalue weighted by atomic mass is 16.3. The molecule has 0 aliphatic rings. The number of aliphatic hydroxyl groups excluding tert-OH is 1. The van der Waals surface area contributed by atoms with E-state index in [4.69, 9.17) is 11.0 Å². The molecule has 0 amide bonds. The first-order valence-corrected chi connectivity index (χ1v) is 5.23. The molecule has 0 aliphatic carbocycles. The predicted molar refractivity (Wildman–Crippen MR) is 64.0 cm³/mol. The van der Waals surface area contributed by atoms with Gasteiger partial charge in [-0.25, -0.2) is 0 Å². The van der Waals surface area contributed by atoms with E-state index in [0.29, 0.717) is 12.1 Å². The van der Waals surface area contributed by atoms with Crippen LogP contribution in [-0.4, -0.2) is 23.8 Å². The fourth-order valence-electron chi connectivity index (χ4n) is 1.30. The molecule has 16 heavy (non-hydrogen) atoms. The topological polar surface area (TPSA) is 82.1 Å². The Bertz CT molecular complexity index is 396. The number of nitrogens with one attached hydrogen (secondary N) is 1. The highest BCUT2D eigenvalue weighted by molar-refractivity contribution is 5.58. The number of aliphatic hydroxyl groups is 1. The molecule has 0 spiro atoms. The van der Waals surface area contributed by atoms with Crippen LogP contribution in [0, 0.1) is 18.3 Å². The Labute approximate surface area is 95.7 Å². The number of rotatable bonds is 4. The lowest BCUT2D eigenvalue weighted by Crippen LogP contribution is -2.38. The zero-order valence-electron chi connectivity index (χ0n) is 9.57. The molecule has 2 atom stereocenters. The molecule has 0 heterocycles. The molecule has 0 aromatic heterocycles. The molecule has 4 nitrogen and oxygen atoms in total. The van der Waals surface area contributed by atoms with Crippen molar-refractivity contribution in [3.05, 3.63) is 29.3 Å². The number of nitrogens with two attached hydrogens (primary N) is 1. The second-order valence-electron chi connectivity index (χ2n) is 3.95. The molecule has 1 aromatic carbocycles. The van der Waals surface area contributed by atoms with Crippen LogP contribution in [0.25, 0.3) is 0 Å². The highest BCUT2D eigenvalue weighted by Gasteiger charge is 2.09. The van der Waals surface area contributed by atoms with E-state index in [0.717, 1.165) is 11.3 Å². The van der Waals surface area contributed by atoms with Gasteiger partial charge in [0.25, 0.3) is 0 Å². The van der Waals surface area contributed by atoms with E-state index >= 15 is 0 Å². The molecule has 0 aliphatic heterocycles. The van der Waals surface area contributed by atoms with E-state index in [1.54, 1.807) is 13.0 Å². The van der Waals surface area contributed by atoms with Gasteiger partial charge in [0.05, 0.1) is 17.4 Å². The van der Waals surface area contributed by atoms with Crippen LogP contribution >= 0.6 is 0 Å².